The fourth-order valence-corrected chi connectivity index (χ4v) is 2.42. The molecular weight excluding hydrogens is 184 g/mol. The van der Waals surface area contributed by atoms with Gasteiger partial charge in [0.2, 0.25) is 0 Å². The van der Waals surface area contributed by atoms with Crippen LogP contribution in [0, 0.1) is 17.8 Å². The van der Waals surface area contributed by atoms with Crippen molar-refractivity contribution in [1.82, 2.24) is 0 Å². The number of hydrogen-bond acceptors (Lipinski definition) is 1. The first-order valence-corrected chi connectivity index (χ1v) is 5.99. The van der Waals surface area contributed by atoms with Crippen LogP contribution in [-0.4, -0.2) is 12.2 Å². The van der Waals surface area contributed by atoms with E-state index < -0.39 is 0 Å². The molecule has 2 unspecified atom stereocenters. The first kappa shape index (κ1) is 10.8. The normalized spacial score (nSPS) is 33.1. The quantitative estimate of drug-likeness (QED) is 0.471. The van der Waals surface area contributed by atoms with E-state index in [1.807, 2.05) is 6.08 Å². The molecule has 0 aromatic rings. The van der Waals surface area contributed by atoms with E-state index in [1.165, 1.54) is 31.3 Å². The summed E-state index contributed by atoms with van der Waals surface area (Å²) in [5.74, 6) is 7.10. The summed E-state index contributed by atoms with van der Waals surface area (Å²) < 4.78 is 5.64. The summed E-state index contributed by atoms with van der Waals surface area (Å²) in [6.07, 6.45) is 8.30. The molecule has 0 bridgehead atoms. The minimum absolute atomic E-state index is 0.262. The number of epoxide rings is 1. The SMILES string of the molecule is CC(C)=CC#CCC1CCCCC12CO2. The molecule has 1 nitrogen and oxygen atoms in total. The van der Waals surface area contributed by atoms with Gasteiger partial charge in [-0.15, -0.1) is 0 Å². The highest BCUT2D eigenvalue weighted by Crippen LogP contribution is 2.47. The van der Waals surface area contributed by atoms with Crippen LogP contribution in [0.2, 0.25) is 0 Å². The molecule has 1 aliphatic carbocycles. The molecular formula is C14H20O. The molecule has 1 saturated carbocycles. The minimum atomic E-state index is 0.262. The highest BCUT2D eigenvalue weighted by molar-refractivity contribution is 5.20. The summed E-state index contributed by atoms with van der Waals surface area (Å²) in [7, 11) is 0. The lowest BCUT2D eigenvalue weighted by atomic mass is 9.78. The van der Waals surface area contributed by atoms with Gasteiger partial charge in [-0.25, -0.2) is 0 Å². The summed E-state index contributed by atoms with van der Waals surface area (Å²) in [6.45, 7) is 5.16. The summed E-state index contributed by atoms with van der Waals surface area (Å²) in [5, 5.41) is 0. The Kier molecular flexibility index (Phi) is 3.17. The third kappa shape index (κ3) is 2.63. The van der Waals surface area contributed by atoms with E-state index in [0.29, 0.717) is 5.92 Å². The Bertz CT molecular complexity index is 308. The van der Waals surface area contributed by atoms with Gasteiger partial charge in [0.1, 0.15) is 0 Å². The molecule has 2 atom stereocenters. The zero-order valence-corrected chi connectivity index (χ0v) is 9.81. The average Bonchev–Trinajstić information content (AvgIpc) is 2.96. The van der Waals surface area contributed by atoms with Crippen molar-refractivity contribution in [2.24, 2.45) is 5.92 Å². The van der Waals surface area contributed by atoms with Gasteiger partial charge in [0.15, 0.2) is 0 Å². The van der Waals surface area contributed by atoms with E-state index in [-0.39, 0.29) is 5.60 Å². The van der Waals surface area contributed by atoms with E-state index in [4.69, 9.17) is 4.74 Å². The lowest BCUT2D eigenvalue weighted by Gasteiger charge is -2.27. The van der Waals surface area contributed by atoms with E-state index in [9.17, 15) is 0 Å². The molecule has 2 fully saturated rings. The highest BCUT2D eigenvalue weighted by atomic mass is 16.6. The molecule has 0 aromatic carbocycles. The Morgan fingerprint density at radius 3 is 2.93 bits per heavy atom. The largest absolute Gasteiger partial charge is 0.369 e. The first-order valence-electron chi connectivity index (χ1n) is 5.99. The Balaban J connectivity index is 1.87. The standard InChI is InChI=1S/C14H20O/c1-12(2)7-3-4-8-13-9-5-6-10-14(13)11-15-14/h7,13H,5-6,8-11H2,1-2H3. The van der Waals surface area contributed by atoms with Gasteiger partial charge in [0.05, 0.1) is 12.2 Å². The van der Waals surface area contributed by atoms with Crippen molar-refractivity contribution in [3.63, 3.8) is 0 Å². The predicted octanol–water partition coefficient (Wildman–Crippen LogP) is 3.31. The van der Waals surface area contributed by atoms with Crippen LogP contribution in [0.4, 0.5) is 0 Å². The monoisotopic (exact) mass is 204 g/mol. The van der Waals surface area contributed by atoms with Crippen LogP contribution in [0.3, 0.4) is 0 Å². The minimum Gasteiger partial charge on any atom is -0.369 e. The lowest BCUT2D eigenvalue weighted by molar-refractivity contribution is 0.162. The lowest BCUT2D eigenvalue weighted by Crippen LogP contribution is -2.27. The second-order valence-corrected chi connectivity index (χ2v) is 5.04. The Hall–Kier alpha value is -0.740. The summed E-state index contributed by atoms with van der Waals surface area (Å²) in [6, 6.07) is 0. The van der Waals surface area contributed by atoms with E-state index in [0.717, 1.165) is 13.0 Å². The van der Waals surface area contributed by atoms with Gasteiger partial charge in [-0.3, -0.25) is 0 Å². The van der Waals surface area contributed by atoms with Crippen molar-refractivity contribution < 1.29 is 4.74 Å². The molecule has 15 heavy (non-hydrogen) atoms. The third-order valence-corrected chi connectivity index (χ3v) is 3.47. The van der Waals surface area contributed by atoms with Crippen LogP contribution < -0.4 is 0 Å². The molecule has 0 amide bonds. The van der Waals surface area contributed by atoms with E-state index in [2.05, 4.69) is 25.7 Å². The van der Waals surface area contributed by atoms with Gasteiger partial charge in [-0.2, -0.15) is 0 Å². The van der Waals surface area contributed by atoms with Crippen LogP contribution in [-0.2, 0) is 4.74 Å². The van der Waals surface area contributed by atoms with Gasteiger partial charge in [-0.05, 0) is 32.8 Å². The van der Waals surface area contributed by atoms with Crippen LogP contribution in [0.25, 0.3) is 0 Å². The van der Waals surface area contributed by atoms with Crippen molar-refractivity contribution in [2.45, 2.75) is 51.6 Å². The Morgan fingerprint density at radius 2 is 2.27 bits per heavy atom. The summed E-state index contributed by atoms with van der Waals surface area (Å²) in [4.78, 5) is 0. The number of ether oxygens (including phenoxy) is 1. The van der Waals surface area contributed by atoms with Crippen molar-refractivity contribution in [3.8, 4) is 11.8 Å². The Morgan fingerprint density at radius 1 is 1.47 bits per heavy atom. The zero-order valence-electron chi connectivity index (χ0n) is 9.81. The van der Waals surface area contributed by atoms with Gasteiger partial charge in [0, 0.05) is 12.3 Å². The topological polar surface area (TPSA) is 12.5 Å². The summed E-state index contributed by atoms with van der Waals surface area (Å²) in [5.41, 5.74) is 1.54. The zero-order chi connectivity index (χ0) is 10.7. The van der Waals surface area contributed by atoms with Gasteiger partial charge in [-0.1, -0.05) is 30.3 Å². The highest BCUT2D eigenvalue weighted by Gasteiger charge is 2.51. The van der Waals surface area contributed by atoms with Crippen molar-refractivity contribution in [3.05, 3.63) is 11.6 Å². The van der Waals surface area contributed by atoms with Gasteiger partial charge in [0.25, 0.3) is 0 Å². The first-order chi connectivity index (χ1) is 7.23. The van der Waals surface area contributed by atoms with Gasteiger partial charge >= 0.3 is 0 Å². The second kappa shape index (κ2) is 4.41. The molecule has 1 heteroatoms. The average molecular weight is 204 g/mol. The maximum Gasteiger partial charge on any atom is 0.0953 e. The molecule has 1 saturated heterocycles. The van der Waals surface area contributed by atoms with Gasteiger partial charge < -0.3 is 4.74 Å². The van der Waals surface area contributed by atoms with E-state index in [1.54, 1.807) is 0 Å². The summed E-state index contributed by atoms with van der Waals surface area (Å²) >= 11 is 0. The van der Waals surface area contributed by atoms with Crippen LogP contribution >= 0.6 is 0 Å². The third-order valence-electron chi connectivity index (χ3n) is 3.47. The molecule has 0 aromatic heterocycles. The molecule has 2 aliphatic rings. The predicted molar refractivity (Wildman–Crippen MR) is 62.5 cm³/mol. The molecule has 82 valence electrons. The fourth-order valence-electron chi connectivity index (χ4n) is 2.42. The maximum atomic E-state index is 5.64. The molecule has 2 rings (SSSR count). The number of rotatable bonds is 1. The Labute approximate surface area is 92.9 Å². The molecule has 0 radical (unpaired) electrons. The van der Waals surface area contributed by atoms with Crippen LogP contribution in [0.5, 0.6) is 0 Å². The fraction of sp³-hybridized carbons (Fsp3) is 0.714. The van der Waals surface area contributed by atoms with Crippen molar-refractivity contribution >= 4 is 0 Å². The maximum absolute atomic E-state index is 5.64. The van der Waals surface area contributed by atoms with Crippen LogP contribution in [0.15, 0.2) is 11.6 Å². The number of hydrogen-bond donors (Lipinski definition) is 0. The second-order valence-electron chi connectivity index (χ2n) is 5.04. The molecule has 1 spiro atoms. The molecule has 1 heterocycles. The van der Waals surface area contributed by atoms with Crippen molar-refractivity contribution in [2.75, 3.05) is 6.61 Å². The van der Waals surface area contributed by atoms with Crippen molar-refractivity contribution in [1.29, 1.82) is 0 Å². The molecule has 0 N–H and O–H groups in total. The number of allylic oxidation sites excluding steroid dienone is 2. The van der Waals surface area contributed by atoms with Crippen LogP contribution in [0.1, 0.15) is 46.0 Å². The van der Waals surface area contributed by atoms with E-state index >= 15 is 0 Å². The smallest absolute Gasteiger partial charge is 0.0953 e. The molecule has 1 aliphatic heterocycles.